The van der Waals surface area contributed by atoms with Crippen LogP contribution in [0.3, 0.4) is 0 Å². The molecule has 0 spiro atoms. The van der Waals surface area contributed by atoms with Crippen molar-refractivity contribution >= 4 is 17.5 Å². The zero-order valence-corrected chi connectivity index (χ0v) is 15.2. The van der Waals surface area contributed by atoms with Crippen molar-refractivity contribution in [2.75, 3.05) is 25.5 Å². The van der Waals surface area contributed by atoms with E-state index >= 15 is 0 Å². The molecular formula is C19H29N3O2. The molecule has 1 aromatic rings. The Kier molecular flexibility index (Phi) is 6.37. The number of piperidine rings is 1. The maximum absolute atomic E-state index is 12.7. The molecular weight excluding hydrogens is 302 g/mol. The number of carbonyl (C=O) groups excluding carboxylic acids is 2. The van der Waals surface area contributed by atoms with E-state index in [1.165, 1.54) is 0 Å². The molecule has 5 nitrogen and oxygen atoms in total. The lowest BCUT2D eigenvalue weighted by Gasteiger charge is -2.31. The number of anilines is 1. The van der Waals surface area contributed by atoms with Gasteiger partial charge in [-0.1, -0.05) is 13.8 Å². The van der Waals surface area contributed by atoms with Crippen molar-refractivity contribution in [2.24, 2.45) is 5.92 Å². The molecule has 0 atom stereocenters. The van der Waals surface area contributed by atoms with Gasteiger partial charge < -0.3 is 15.5 Å². The number of carbonyl (C=O) groups is 2. The summed E-state index contributed by atoms with van der Waals surface area (Å²) in [6.45, 7) is 7.88. The van der Waals surface area contributed by atoms with Crippen molar-refractivity contribution in [3.05, 3.63) is 29.3 Å². The number of nitrogens with zero attached hydrogens (tertiary/aromatic N) is 1. The van der Waals surface area contributed by atoms with Crippen molar-refractivity contribution in [2.45, 2.75) is 46.1 Å². The summed E-state index contributed by atoms with van der Waals surface area (Å²) in [7, 11) is 1.88. The number of rotatable bonds is 5. The summed E-state index contributed by atoms with van der Waals surface area (Å²) in [5, 5.41) is 6.25. The number of nitrogens with one attached hydrogen (secondary N) is 2. The zero-order valence-electron chi connectivity index (χ0n) is 15.2. The van der Waals surface area contributed by atoms with Crippen molar-refractivity contribution in [3.8, 4) is 0 Å². The van der Waals surface area contributed by atoms with Crippen LogP contribution < -0.4 is 10.6 Å². The van der Waals surface area contributed by atoms with Crippen molar-refractivity contribution < 1.29 is 9.59 Å². The summed E-state index contributed by atoms with van der Waals surface area (Å²) >= 11 is 0. The third kappa shape index (κ3) is 4.81. The van der Waals surface area contributed by atoms with Crippen LogP contribution in [0.1, 0.15) is 49.0 Å². The lowest BCUT2D eigenvalue weighted by Crippen LogP contribution is -2.43. The van der Waals surface area contributed by atoms with E-state index in [-0.39, 0.29) is 11.8 Å². The molecule has 0 radical (unpaired) electrons. The van der Waals surface area contributed by atoms with Gasteiger partial charge in [0.25, 0.3) is 5.91 Å². The van der Waals surface area contributed by atoms with E-state index in [4.69, 9.17) is 0 Å². The minimum Gasteiger partial charge on any atom is -0.339 e. The molecule has 132 valence electrons. The normalized spacial score (nSPS) is 15.4. The first-order chi connectivity index (χ1) is 11.4. The Morgan fingerprint density at radius 2 is 1.96 bits per heavy atom. The molecule has 0 aromatic heterocycles. The van der Waals surface area contributed by atoms with E-state index in [0.717, 1.165) is 37.2 Å². The highest BCUT2D eigenvalue weighted by molar-refractivity contribution is 5.96. The molecule has 0 unspecified atom stereocenters. The minimum absolute atomic E-state index is 0.0130. The Bertz CT molecular complexity index is 592. The minimum atomic E-state index is 0.0130. The average Bonchev–Trinajstić information content (AvgIpc) is 2.55. The third-order valence-electron chi connectivity index (χ3n) is 4.52. The molecule has 1 fully saturated rings. The SMILES string of the molecule is Cc1cc(C(=O)N(C)C2CCNCC2)ccc1NC(=O)CC(C)C. The molecule has 0 saturated carbocycles. The quantitative estimate of drug-likeness (QED) is 0.872. The van der Waals surface area contributed by atoms with Gasteiger partial charge in [-0.05, 0) is 62.5 Å². The molecule has 1 saturated heterocycles. The number of hydrogen-bond acceptors (Lipinski definition) is 3. The van der Waals surface area contributed by atoms with Crippen LogP contribution in [0, 0.1) is 12.8 Å². The predicted octanol–water partition coefficient (Wildman–Crippen LogP) is 2.80. The number of hydrogen-bond donors (Lipinski definition) is 2. The fourth-order valence-corrected chi connectivity index (χ4v) is 3.07. The van der Waals surface area contributed by atoms with Crippen molar-refractivity contribution in [1.82, 2.24) is 10.2 Å². The second-order valence-electron chi connectivity index (χ2n) is 7.07. The highest BCUT2D eigenvalue weighted by Crippen LogP contribution is 2.20. The van der Waals surface area contributed by atoms with Gasteiger partial charge in [0.05, 0.1) is 0 Å². The molecule has 5 heteroatoms. The van der Waals surface area contributed by atoms with Crippen LogP contribution in [0.2, 0.25) is 0 Å². The Labute approximate surface area is 144 Å². The van der Waals surface area contributed by atoms with Crippen LogP contribution in [0.5, 0.6) is 0 Å². The average molecular weight is 331 g/mol. The number of benzene rings is 1. The van der Waals surface area contributed by atoms with Crippen LogP contribution in [0.15, 0.2) is 18.2 Å². The Hall–Kier alpha value is -1.88. The van der Waals surface area contributed by atoms with Crippen LogP contribution in [0.25, 0.3) is 0 Å². The molecule has 1 heterocycles. The molecule has 0 aliphatic carbocycles. The Balaban J connectivity index is 2.05. The van der Waals surface area contributed by atoms with E-state index < -0.39 is 0 Å². The van der Waals surface area contributed by atoms with Crippen LogP contribution in [-0.2, 0) is 4.79 Å². The van der Waals surface area contributed by atoms with Crippen LogP contribution in [-0.4, -0.2) is 42.9 Å². The highest BCUT2D eigenvalue weighted by atomic mass is 16.2. The number of amides is 2. The fourth-order valence-electron chi connectivity index (χ4n) is 3.07. The van der Waals surface area contributed by atoms with E-state index in [1.54, 1.807) is 6.07 Å². The second kappa shape index (κ2) is 8.29. The van der Waals surface area contributed by atoms with Crippen molar-refractivity contribution in [3.63, 3.8) is 0 Å². The number of aryl methyl sites for hydroxylation is 1. The van der Waals surface area contributed by atoms with Gasteiger partial charge in [-0.25, -0.2) is 0 Å². The zero-order chi connectivity index (χ0) is 17.7. The summed E-state index contributed by atoms with van der Waals surface area (Å²) in [4.78, 5) is 26.5. The van der Waals surface area contributed by atoms with Gasteiger partial charge in [0, 0.05) is 30.8 Å². The Morgan fingerprint density at radius 1 is 1.29 bits per heavy atom. The second-order valence-corrected chi connectivity index (χ2v) is 7.07. The van der Waals surface area contributed by atoms with Crippen LogP contribution >= 0.6 is 0 Å². The molecule has 0 bridgehead atoms. The standard InChI is InChI=1S/C19H29N3O2/c1-13(2)11-18(23)21-17-6-5-15(12-14(17)3)19(24)22(4)16-7-9-20-10-8-16/h5-6,12-13,16,20H,7-11H2,1-4H3,(H,21,23). The summed E-state index contributed by atoms with van der Waals surface area (Å²) in [5.74, 6) is 0.383. The fraction of sp³-hybridized carbons (Fsp3) is 0.579. The van der Waals surface area contributed by atoms with E-state index in [1.807, 2.05) is 44.9 Å². The smallest absolute Gasteiger partial charge is 0.253 e. The molecule has 1 aliphatic heterocycles. The van der Waals surface area contributed by atoms with Crippen molar-refractivity contribution in [1.29, 1.82) is 0 Å². The third-order valence-corrected chi connectivity index (χ3v) is 4.52. The van der Waals surface area contributed by atoms with E-state index in [2.05, 4.69) is 10.6 Å². The molecule has 24 heavy (non-hydrogen) atoms. The van der Waals surface area contributed by atoms with Gasteiger partial charge in [-0.3, -0.25) is 9.59 Å². The molecule has 2 rings (SSSR count). The summed E-state index contributed by atoms with van der Waals surface area (Å²) in [6.07, 6.45) is 2.48. The van der Waals surface area contributed by atoms with Gasteiger partial charge in [-0.15, -0.1) is 0 Å². The molecule has 1 aliphatic rings. The summed E-state index contributed by atoms with van der Waals surface area (Å²) < 4.78 is 0. The first kappa shape index (κ1) is 18.5. The van der Waals surface area contributed by atoms with E-state index in [9.17, 15) is 9.59 Å². The van der Waals surface area contributed by atoms with Gasteiger partial charge in [0.2, 0.25) is 5.91 Å². The van der Waals surface area contributed by atoms with Gasteiger partial charge >= 0.3 is 0 Å². The monoisotopic (exact) mass is 331 g/mol. The van der Waals surface area contributed by atoms with E-state index in [0.29, 0.717) is 23.9 Å². The maximum atomic E-state index is 12.7. The van der Waals surface area contributed by atoms with Gasteiger partial charge in [0.1, 0.15) is 0 Å². The van der Waals surface area contributed by atoms with Gasteiger partial charge in [-0.2, -0.15) is 0 Å². The van der Waals surface area contributed by atoms with Gasteiger partial charge in [0.15, 0.2) is 0 Å². The summed E-state index contributed by atoms with van der Waals surface area (Å²) in [6, 6.07) is 5.80. The largest absolute Gasteiger partial charge is 0.339 e. The predicted molar refractivity (Wildman–Crippen MR) is 97.2 cm³/mol. The maximum Gasteiger partial charge on any atom is 0.253 e. The Morgan fingerprint density at radius 3 is 2.54 bits per heavy atom. The topological polar surface area (TPSA) is 61.4 Å². The summed E-state index contributed by atoms with van der Waals surface area (Å²) in [5.41, 5.74) is 2.37. The van der Waals surface area contributed by atoms with Crippen LogP contribution in [0.4, 0.5) is 5.69 Å². The molecule has 2 amide bonds. The first-order valence-electron chi connectivity index (χ1n) is 8.77. The lowest BCUT2D eigenvalue weighted by atomic mass is 10.0. The molecule has 2 N–H and O–H groups in total. The lowest BCUT2D eigenvalue weighted by molar-refractivity contribution is -0.116. The first-order valence-corrected chi connectivity index (χ1v) is 8.77. The molecule has 1 aromatic carbocycles. The highest BCUT2D eigenvalue weighted by Gasteiger charge is 2.23.